The Balaban J connectivity index is 1.86. The first-order chi connectivity index (χ1) is 10.1. The molecule has 0 radical (unpaired) electrons. The minimum Gasteiger partial charge on any atom is -0.389 e. The van der Waals surface area contributed by atoms with Gasteiger partial charge in [-0.25, -0.2) is 0 Å². The average molecular weight is 323 g/mol. The van der Waals surface area contributed by atoms with Crippen molar-refractivity contribution in [1.82, 2.24) is 4.90 Å². The molecule has 0 bridgehead atoms. The lowest BCUT2D eigenvalue weighted by Gasteiger charge is -2.23. The summed E-state index contributed by atoms with van der Waals surface area (Å²) in [6, 6.07) is 7.96. The van der Waals surface area contributed by atoms with Crippen LogP contribution in [0.2, 0.25) is 0 Å². The van der Waals surface area contributed by atoms with Gasteiger partial charge in [-0.05, 0) is 31.4 Å². The fourth-order valence-corrected chi connectivity index (χ4v) is 3.83. The van der Waals surface area contributed by atoms with E-state index in [2.05, 4.69) is 17.3 Å². The second-order valence-corrected chi connectivity index (χ2v) is 6.80. The highest BCUT2D eigenvalue weighted by Gasteiger charge is 2.20. The monoisotopic (exact) mass is 323 g/mol. The summed E-state index contributed by atoms with van der Waals surface area (Å²) in [4.78, 5) is 14.7. The molecule has 0 aromatic heterocycles. The van der Waals surface area contributed by atoms with E-state index in [-0.39, 0.29) is 5.91 Å². The summed E-state index contributed by atoms with van der Waals surface area (Å²) in [7, 11) is 2.09. The molecule has 1 unspecified atom stereocenters. The Morgan fingerprint density at radius 2 is 2.29 bits per heavy atom. The van der Waals surface area contributed by atoms with Crippen molar-refractivity contribution < 1.29 is 4.79 Å². The third kappa shape index (κ3) is 4.69. The molecule has 1 aromatic carbocycles. The summed E-state index contributed by atoms with van der Waals surface area (Å²) in [5.74, 6) is 2.39. The summed E-state index contributed by atoms with van der Waals surface area (Å²) >= 11 is 6.98. The SMILES string of the molecule is CN(CCC(=O)Nc1ccccc1C(N)=S)C1CCSC1. The molecule has 0 saturated carbocycles. The lowest BCUT2D eigenvalue weighted by atomic mass is 10.1. The molecule has 1 heterocycles. The largest absolute Gasteiger partial charge is 0.389 e. The van der Waals surface area contributed by atoms with Crippen LogP contribution >= 0.6 is 24.0 Å². The van der Waals surface area contributed by atoms with Crippen molar-refractivity contribution in [3.63, 3.8) is 0 Å². The van der Waals surface area contributed by atoms with Crippen LogP contribution in [0, 0.1) is 0 Å². The number of rotatable bonds is 6. The van der Waals surface area contributed by atoms with E-state index >= 15 is 0 Å². The topological polar surface area (TPSA) is 58.4 Å². The molecule has 1 aliphatic rings. The van der Waals surface area contributed by atoms with Gasteiger partial charge in [-0.2, -0.15) is 11.8 Å². The fourth-order valence-electron chi connectivity index (χ4n) is 2.35. The standard InChI is InChI=1S/C15H21N3OS2/c1-18(11-7-9-21-10-11)8-6-14(19)17-13-5-3-2-4-12(13)15(16)20/h2-5,11H,6-10H2,1H3,(H2,16,20)(H,17,19). The van der Waals surface area contributed by atoms with Gasteiger partial charge >= 0.3 is 0 Å². The number of thiocarbonyl (C=S) groups is 1. The third-order valence-corrected chi connectivity index (χ3v) is 5.05. The Hall–Kier alpha value is -1.11. The lowest BCUT2D eigenvalue weighted by Crippen LogP contribution is -2.34. The second kappa shape index (κ2) is 7.77. The fraction of sp³-hybridized carbons (Fsp3) is 0.467. The molecule has 1 aromatic rings. The number of hydrogen-bond donors (Lipinski definition) is 2. The maximum absolute atomic E-state index is 12.1. The number of nitrogens with one attached hydrogen (secondary N) is 1. The molecule has 2 rings (SSSR count). The van der Waals surface area contributed by atoms with Gasteiger partial charge in [0.2, 0.25) is 5.91 Å². The van der Waals surface area contributed by atoms with Crippen LogP contribution in [0.4, 0.5) is 5.69 Å². The molecule has 1 aliphatic heterocycles. The highest BCUT2D eigenvalue weighted by molar-refractivity contribution is 7.99. The number of nitrogens with two attached hydrogens (primary N) is 1. The van der Waals surface area contributed by atoms with Crippen LogP contribution < -0.4 is 11.1 Å². The summed E-state index contributed by atoms with van der Waals surface area (Å²) in [6.45, 7) is 0.770. The molecule has 114 valence electrons. The lowest BCUT2D eigenvalue weighted by molar-refractivity contribution is -0.116. The molecule has 0 spiro atoms. The van der Waals surface area contributed by atoms with E-state index < -0.39 is 0 Å². The van der Waals surface area contributed by atoms with Gasteiger partial charge in [0.1, 0.15) is 4.99 Å². The van der Waals surface area contributed by atoms with Gasteiger partial charge in [-0.15, -0.1) is 0 Å². The van der Waals surface area contributed by atoms with E-state index in [1.165, 1.54) is 17.9 Å². The predicted octanol–water partition coefficient (Wildman–Crippen LogP) is 2.09. The van der Waals surface area contributed by atoms with Crippen molar-refractivity contribution >= 4 is 40.6 Å². The second-order valence-electron chi connectivity index (χ2n) is 5.21. The van der Waals surface area contributed by atoms with Crippen LogP contribution in [0.1, 0.15) is 18.4 Å². The van der Waals surface area contributed by atoms with Crippen LogP contribution in [-0.2, 0) is 4.79 Å². The van der Waals surface area contributed by atoms with Gasteiger partial charge < -0.3 is 16.0 Å². The molecule has 1 saturated heterocycles. The molecule has 0 aliphatic carbocycles. The minimum absolute atomic E-state index is 0.00352. The predicted molar refractivity (Wildman–Crippen MR) is 93.9 cm³/mol. The molecule has 3 N–H and O–H groups in total. The first-order valence-electron chi connectivity index (χ1n) is 7.04. The summed E-state index contributed by atoms with van der Waals surface area (Å²) in [5.41, 5.74) is 7.06. The maximum Gasteiger partial charge on any atom is 0.225 e. The van der Waals surface area contributed by atoms with E-state index in [4.69, 9.17) is 18.0 Å². The van der Waals surface area contributed by atoms with E-state index in [1.807, 2.05) is 36.0 Å². The Bertz CT molecular complexity index is 515. The zero-order chi connectivity index (χ0) is 15.2. The first-order valence-corrected chi connectivity index (χ1v) is 8.61. The summed E-state index contributed by atoms with van der Waals surface area (Å²) in [5, 5.41) is 2.90. The van der Waals surface area contributed by atoms with Crippen molar-refractivity contribution in [3.8, 4) is 0 Å². The van der Waals surface area contributed by atoms with Crippen LogP contribution in [0.25, 0.3) is 0 Å². The van der Waals surface area contributed by atoms with Gasteiger partial charge in [-0.1, -0.05) is 24.4 Å². The molecule has 21 heavy (non-hydrogen) atoms. The van der Waals surface area contributed by atoms with Crippen LogP contribution in [0.3, 0.4) is 0 Å². The number of para-hydroxylation sites is 1. The summed E-state index contributed by atoms with van der Waals surface area (Å²) < 4.78 is 0. The molecular weight excluding hydrogens is 302 g/mol. The quantitative estimate of drug-likeness (QED) is 0.785. The number of anilines is 1. The van der Waals surface area contributed by atoms with Crippen molar-refractivity contribution in [2.24, 2.45) is 5.73 Å². The summed E-state index contributed by atoms with van der Waals surface area (Å²) in [6.07, 6.45) is 1.69. The van der Waals surface area contributed by atoms with Gasteiger partial charge in [0, 0.05) is 30.3 Å². The first kappa shape index (κ1) is 16.3. The van der Waals surface area contributed by atoms with Crippen LogP contribution in [0.5, 0.6) is 0 Å². The minimum atomic E-state index is -0.00352. The normalized spacial score (nSPS) is 17.9. The van der Waals surface area contributed by atoms with Crippen molar-refractivity contribution in [2.45, 2.75) is 18.9 Å². The Labute approximate surface area is 135 Å². The van der Waals surface area contributed by atoms with E-state index in [0.717, 1.165) is 6.54 Å². The molecule has 6 heteroatoms. The van der Waals surface area contributed by atoms with Gasteiger partial charge in [-0.3, -0.25) is 4.79 Å². The zero-order valence-electron chi connectivity index (χ0n) is 12.2. The molecular formula is C15H21N3OS2. The van der Waals surface area contributed by atoms with Gasteiger partial charge in [0.15, 0.2) is 0 Å². The highest BCUT2D eigenvalue weighted by Crippen LogP contribution is 2.21. The number of amides is 1. The Morgan fingerprint density at radius 1 is 1.52 bits per heavy atom. The van der Waals surface area contributed by atoms with Crippen molar-refractivity contribution in [3.05, 3.63) is 29.8 Å². The van der Waals surface area contributed by atoms with Crippen LogP contribution in [0.15, 0.2) is 24.3 Å². The number of thioether (sulfide) groups is 1. The van der Waals surface area contributed by atoms with E-state index in [1.54, 1.807) is 0 Å². The molecule has 1 amide bonds. The Kier molecular flexibility index (Phi) is 6.02. The van der Waals surface area contributed by atoms with Gasteiger partial charge in [0.05, 0.1) is 5.69 Å². The Morgan fingerprint density at radius 3 is 2.95 bits per heavy atom. The van der Waals surface area contributed by atoms with Crippen molar-refractivity contribution in [1.29, 1.82) is 0 Å². The van der Waals surface area contributed by atoms with Crippen LogP contribution in [-0.4, -0.2) is 46.9 Å². The number of benzene rings is 1. The molecule has 1 fully saturated rings. The average Bonchev–Trinajstić information content (AvgIpc) is 2.99. The smallest absolute Gasteiger partial charge is 0.225 e. The highest BCUT2D eigenvalue weighted by atomic mass is 32.2. The van der Waals surface area contributed by atoms with Crippen molar-refractivity contribution in [2.75, 3.05) is 30.4 Å². The number of carbonyl (C=O) groups excluding carboxylic acids is 1. The maximum atomic E-state index is 12.1. The molecule has 4 nitrogen and oxygen atoms in total. The van der Waals surface area contributed by atoms with E-state index in [9.17, 15) is 4.79 Å². The number of carbonyl (C=O) groups is 1. The zero-order valence-corrected chi connectivity index (χ0v) is 13.8. The number of hydrogen-bond acceptors (Lipinski definition) is 4. The third-order valence-electron chi connectivity index (χ3n) is 3.69. The number of nitrogens with zero attached hydrogens (tertiary/aromatic N) is 1. The molecule has 1 atom stereocenters. The van der Waals surface area contributed by atoms with E-state index in [0.29, 0.717) is 28.7 Å². The van der Waals surface area contributed by atoms with Gasteiger partial charge in [0.25, 0.3) is 0 Å².